The molecule has 0 bridgehead atoms. The van der Waals surface area contributed by atoms with E-state index >= 15 is 0 Å². The Morgan fingerprint density at radius 3 is 2.94 bits per heavy atom. The summed E-state index contributed by atoms with van der Waals surface area (Å²) in [5, 5.41) is 0. The number of allylic oxidation sites excluding steroid dienone is 1. The van der Waals surface area contributed by atoms with Crippen LogP contribution in [0.4, 0.5) is 0 Å². The third-order valence-electron chi connectivity index (χ3n) is 2.84. The largest absolute Gasteiger partial charge is 0.493 e. The third kappa shape index (κ3) is 2.67. The molecule has 0 heterocycles. The Morgan fingerprint density at radius 1 is 1.41 bits per heavy atom. The molecule has 1 atom stereocenters. The van der Waals surface area contributed by atoms with Crippen LogP contribution in [0.3, 0.4) is 0 Å². The van der Waals surface area contributed by atoms with E-state index in [9.17, 15) is 4.79 Å². The zero-order valence-electron chi connectivity index (χ0n) is 9.89. The Balaban J connectivity index is 2.26. The molecule has 0 amide bonds. The summed E-state index contributed by atoms with van der Waals surface area (Å²) in [6, 6.07) is 5.32. The fourth-order valence-corrected chi connectivity index (χ4v) is 1.94. The molecule has 3 heteroatoms. The van der Waals surface area contributed by atoms with E-state index in [1.165, 1.54) is 0 Å². The van der Waals surface area contributed by atoms with Gasteiger partial charge in [0.2, 0.25) is 0 Å². The number of para-hydroxylation sites is 1. The Morgan fingerprint density at radius 2 is 2.29 bits per heavy atom. The SMILES string of the molecule is COc1cccc(C=O)c1OC1C=CCCC1. The van der Waals surface area contributed by atoms with E-state index in [4.69, 9.17) is 9.47 Å². The predicted molar refractivity (Wildman–Crippen MR) is 65.8 cm³/mol. The first-order valence-electron chi connectivity index (χ1n) is 5.80. The lowest BCUT2D eigenvalue weighted by atomic mass is 10.1. The van der Waals surface area contributed by atoms with E-state index < -0.39 is 0 Å². The first-order valence-corrected chi connectivity index (χ1v) is 5.80. The van der Waals surface area contributed by atoms with Crippen LogP contribution >= 0.6 is 0 Å². The molecule has 3 nitrogen and oxygen atoms in total. The van der Waals surface area contributed by atoms with E-state index in [-0.39, 0.29) is 6.10 Å². The molecular weight excluding hydrogens is 216 g/mol. The van der Waals surface area contributed by atoms with Crippen LogP contribution in [-0.2, 0) is 0 Å². The van der Waals surface area contributed by atoms with Crippen LogP contribution in [0.2, 0.25) is 0 Å². The molecule has 0 spiro atoms. The summed E-state index contributed by atoms with van der Waals surface area (Å²) < 4.78 is 11.1. The molecule has 90 valence electrons. The number of carbonyl (C=O) groups is 1. The minimum absolute atomic E-state index is 0.0405. The highest BCUT2D eigenvalue weighted by atomic mass is 16.5. The Kier molecular flexibility index (Phi) is 3.81. The lowest BCUT2D eigenvalue weighted by Gasteiger charge is -2.20. The second-order valence-corrected chi connectivity index (χ2v) is 4.01. The Labute approximate surface area is 101 Å². The molecule has 1 aliphatic carbocycles. The number of aldehydes is 1. The van der Waals surface area contributed by atoms with Gasteiger partial charge in [0.1, 0.15) is 6.10 Å². The van der Waals surface area contributed by atoms with Crippen molar-refractivity contribution in [2.75, 3.05) is 7.11 Å². The van der Waals surface area contributed by atoms with Gasteiger partial charge in [-0.3, -0.25) is 4.79 Å². The maximum absolute atomic E-state index is 11.0. The van der Waals surface area contributed by atoms with E-state index in [2.05, 4.69) is 6.08 Å². The summed E-state index contributed by atoms with van der Waals surface area (Å²) >= 11 is 0. The molecule has 0 aliphatic heterocycles. The van der Waals surface area contributed by atoms with Crippen LogP contribution in [0.1, 0.15) is 29.6 Å². The minimum atomic E-state index is 0.0405. The molecule has 0 aromatic heterocycles. The van der Waals surface area contributed by atoms with Crippen molar-refractivity contribution in [2.24, 2.45) is 0 Å². The van der Waals surface area contributed by atoms with Gasteiger partial charge in [-0.25, -0.2) is 0 Å². The van der Waals surface area contributed by atoms with E-state index in [0.717, 1.165) is 25.5 Å². The number of hydrogen-bond donors (Lipinski definition) is 0. The van der Waals surface area contributed by atoms with Gasteiger partial charge in [0.25, 0.3) is 0 Å². The fourth-order valence-electron chi connectivity index (χ4n) is 1.94. The zero-order valence-corrected chi connectivity index (χ0v) is 9.89. The first kappa shape index (κ1) is 11.7. The Bertz CT molecular complexity index is 423. The molecule has 17 heavy (non-hydrogen) atoms. The molecular formula is C14H16O3. The molecule has 0 saturated heterocycles. The number of ether oxygens (including phenoxy) is 2. The second-order valence-electron chi connectivity index (χ2n) is 4.01. The van der Waals surface area contributed by atoms with Crippen molar-refractivity contribution in [3.05, 3.63) is 35.9 Å². The monoisotopic (exact) mass is 232 g/mol. The molecule has 0 radical (unpaired) electrons. The zero-order chi connectivity index (χ0) is 12.1. The van der Waals surface area contributed by atoms with Gasteiger partial charge in [0.05, 0.1) is 12.7 Å². The predicted octanol–water partition coefficient (Wildman–Crippen LogP) is 3.00. The van der Waals surface area contributed by atoms with Crippen molar-refractivity contribution in [3.8, 4) is 11.5 Å². The molecule has 0 N–H and O–H groups in total. The van der Waals surface area contributed by atoms with Crippen molar-refractivity contribution >= 4 is 6.29 Å². The van der Waals surface area contributed by atoms with Crippen molar-refractivity contribution in [1.29, 1.82) is 0 Å². The van der Waals surface area contributed by atoms with Crippen LogP contribution in [-0.4, -0.2) is 19.5 Å². The molecule has 1 aliphatic rings. The van der Waals surface area contributed by atoms with Crippen LogP contribution in [0.15, 0.2) is 30.4 Å². The maximum Gasteiger partial charge on any atom is 0.172 e. The normalized spacial score (nSPS) is 18.8. The van der Waals surface area contributed by atoms with Crippen molar-refractivity contribution < 1.29 is 14.3 Å². The van der Waals surface area contributed by atoms with Crippen molar-refractivity contribution in [2.45, 2.75) is 25.4 Å². The number of benzene rings is 1. The molecule has 0 fully saturated rings. The molecule has 1 aromatic carbocycles. The number of methoxy groups -OCH3 is 1. The van der Waals surface area contributed by atoms with Gasteiger partial charge >= 0.3 is 0 Å². The number of carbonyl (C=O) groups excluding carboxylic acids is 1. The summed E-state index contributed by atoms with van der Waals surface area (Å²) in [6.45, 7) is 0. The Hall–Kier alpha value is -1.77. The number of rotatable bonds is 4. The van der Waals surface area contributed by atoms with Crippen LogP contribution in [0.25, 0.3) is 0 Å². The second kappa shape index (κ2) is 5.53. The topological polar surface area (TPSA) is 35.5 Å². The lowest BCUT2D eigenvalue weighted by Crippen LogP contribution is -2.17. The standard InChI is InChI=1S/C14H16O3/c1-16-13-9-5-6-11(10-15)14(13)17-12-7-3-2-4-8-12/h3,5-7,9-10,12H,2,4,8H2,1H3. The summed E-state index contributed by atoms with van der Waals surface area (Å²) in [4.78, 5) is 11.0. The molecule has 1 unspecified atom stereocenters. The van der Waals surface area contributed by atoms with Crippen molar-refractivity contribution in [3.63, 3.8) is 0 Å². The summed E-state index contributed by atoms with van der Waals surface area (Å²) in [7, 11) is 1.58. The number of hydrogen-bond acceptors (Lipinski definition) is 3. The van der Waals surface area contributed by atoms with Gasteiger partial charge in [-0.15, -0.1) is 0 Å². The highest BCUT2D eigenvalue weighted by molar-refractivity contribution is 5.81. The summed E-state index contributed by atoms with van der Waals surface area (Å²) in [5.74, 6) is 1.15. The smallest absolute Gasteiger partial charge is 0.172 e. The van der Waals surface area contributed by atoms with Crippen LogP contribution in [0.5, 0.6) is 11.5 Å². The van der Waals surface area contributed by atoms with Crippen LogP contribution < -0.4 is 9.47 Å². The molecule has 0 saturated carbocycles. The van der Waals surface area contributed by atoms with Gasteiger partial charge in [-0.1, -0.05) is 12.1 Å². The summed E-state index contributed by atoms with van der Waals surface area (Å²) in [6.07, 6.45) is 8.20. The average molecular weight is 232 g/mol. The highest BCUT2D eigenvalue weighted by Crippen LogP contribution is 2.32. The highest BCUT2D eigenvalue weighted by Gasteiger charge is 2.16. The average Bonchev–Trinajstić information content (AvgIpc) is 2.40. The molecule has 1 aromatic rings. The fraction of sp³-hybridized carbons (Fsp3) is 0.357. The minimum Gasteiger partial charge on any atom is -0.493 e. The van der Waals surface area contributed by atoms with E-state index in [0.29, 0.717) is 17.1 Å². The quantitative estimate of drug-likeness (QED) is 0.591. The van der Waals surface area contributed by atoms with E-state index in [1.807, 2.05) is 6.08 Å². The third-order valence-corrected chi connectivity index (χ3v) is 2.84. The van der Waals surface area contributed by atoms with Gasteiger partial charge in [-0.2, -0.15) is 0 Å². The van der Waals surface area contributed by atoms with E-state index in [1.54, 1.807) is 25.3 Å². The summed E-state index contributed by atoms with van der Waals surface area (Å²) in [5.41, 5.74) is 0.531. The van der Waals surface area contributed by atoms with Gasteiger partial charge in [-0.05, 0) is 37.5 Å². The van der Waals surface area contributed by atoms with Gasteiger partial charge < -0.3 is 9.47 Å². The molecule has 2 rings (SSSR count). The van der Waals surface area contributed by atoms with Crippen LogP contribution in [0, 0.1) is 0 Å². The maximum atomic E-state index is 11.0. The lowest BCUT2D eigenvalue weighted by molar-refractivity contribution is 0.111. The van der Waals surface area contributed by atoms with Gasteiger partial charge in [0.15, 0.2) is 17.8 Å². The van der Waals surface area contributed by atoms with Gasteiger partial charge in [0, 0.05) is 0 Å². The first-order chi connectivity index (χ1) is 8.35. The van der Waals surface area contributed by atoms with Crippen molar-refractivity contribution in [1.82, 2.24) is 0 Å².